The average molecular weight is 291 g/mol. The molecule has 3 nitrogen and oxygen atoms in total. The number of benzene rings is 1. The van der Waals surface area contributed by atoms with Crippen LogP contribution in [0.3, 0.4) is 0 Å². The molecule has 0 saturated carbocycles. The topological polar surface area (TPSA) is 44.5 Å². The van der Waals surface area contributed by atoms with Crippen molar-refractivity contribution in [3.05, 3.63) is 34.9 Å². The third kappa shape index (κ3) is 5.11. The molecular weight excluding hydrogens is 271 g/mol. The summed E-state index contributed by atoms with van der Waals surface area (Å²) in [5.41, 5.74) is 6.59. The Labute approximate surface area is 116 Å². The Bertz CT molecular complexity index is 421. The summed E-state index contributed by atoms with van der Waals surface area (Å²) in [4.78, 5) is 0. The van der Waals surface area contributed by atoms with Crippen molar-refractivity contribution in [2.45, 2.75) is 25.6 Å². The van der Waals surface area contributed by atoms with Crippen LogP contribution in [0, 0.1) is 6.92 Å². The van der Waals surface area contributed by atoms with Crippen LogP contribution in [0.5, 0.6) is 0 Å². The molecule has 0 aliphatic carbocycles. The van der Waals surface area contributed by atoms with Crippen molar-refractivity contribution >= 4 is 0 Å². The molecule has 1 aromatic rings. The first-order valence-corrected chi connectivity index (χ1v) is 6.36. The first kappa shape index (κ1) is 16.9. The van der Waals surface area contributed by atoms with Crippen LogP contribution in [0.25, 0.3) is 0 Å². The van der Waals surface area contributed by atoms with Gasteiger partial charge in [-0.25, -0.2) is 0 Å². The van der Waals surface area contributed by atoms with Crippen molar-refractivity contribution in [1.82, 2.24) is 0 Å². The van der Waals surface area contributed by atoms with E-state index in [-0.39, 0.29) is 6.04 Å². The van der Waals surface area contributed by atoms with Crippen molar-refractivity contribution in [3.63, 3.8) is 0 Å². The zero-order valence-electron chi connectivity index (χ0n) is 11.7. The van der Waals surface area contributed by atoms with Crippen molar-refractivity contribution in [3.8, 4) is 0 Å². The highest BCUT2D eigenvalue weighted by Gasteiger charge is 2.30. The highest BCUT2D eigenvalue weighted by atomic mass is 19.4. The van der Waals surface area contributed by atoms with Gasteiger partial charge in [0, 0.05) is 19.8 Å². The number of nitrogens with two attached hydrogens (primary N) is 1. The van der Waals surface area contributed by atoms with Crippen molar-refractivity contribution < 1.29 is 22.6 Å². The van der Waals surface area contributed by atoms with E-state index in [0.717, 1.165) is 12.1 Å². The van der Waals surface area contributed by atoms with E-state index in [4.69, 9.17) is 15.2 Å². The lowest BCUT2D eigenvalue weighted by Crippen LogP contribution is -2.16. The van der Waals surface area contributed by atoms with E-state index < -0.39 is 11.7 Å². The molecule has 0 heterocycles. The summed E-state index contributed by atoms with van der Waals surface area (Å²) in [7, 11) is 1.58. The summed E-state index contributed by atoms with van der Waals surface area (Å²) < 4.78 is 47.8. The number of hydrogen-bond acceptors (Lipinski definition) is 3. The van der Waals surface area contributed by atoms with Gasteiger partial charge in [0.05, 0.1) is 18.8 Å². The molecule has 0 radical (unpaired) electrons. The lowest BCUT2D eigenvalue weighted by molar-refractivity contribution is -0.137. The Morgan fingerprint density at radius 3 is 2.45 bits per heavy atom. The minimum Gasteiger partial charge on any atom is -0.382 e. The van der Waals surface area contributed by atoms with Gasteiger partial charge in [-0.3, -0.25) is 0 Å². The molecule has 0 aliphatic heterocycles. The van der Waals surface area contributed by atoms with E-state index in [1.807, 2.05) is 0 Å². The number of ether oxygens (including phenoxy) is 2. The molecule has 1 atom stereocenters. The Hall–Kier alpha value is -1.11. The molecule has 0 amide bonds. The van der Waals surface area contributed by atoms with Crippen LogP contribution in [-0.2, 0) is 15.7 Å². The highest BCUT2D eigenvalue weighted by Crippen LogP contribution is 2.31. The second kappa shape index (κ2) is 7.61. The minimum atomic E-state index is -4.32. The Morgan fingerprint density at radius 1 is 1.20 bits per heavy atom. The molecule has 0 saturated heterocycles. The molecule has 6 heteroatoms. The minimum absolute atomic E-state index is 0.333. The van der Waals surface area contributed by atoms with Gasteiger partial charge in [-0.15, -0.1) is 0 Å². The van der Waals surface area contributed by atoms with Gasteiger partial charge < -0.3 is 15.2 Å². The van der Waals surface area contributed by atoms with E-state index in [2.05, 4.69) is 0 Å². The van der Waals surface area contributed by atoms with Crippen LogP contribution in [0.15, 0.2) is 18.2 Å². The fraction of sp³-hybridized carbons (Fsp3) is 0.571. The van der Waals surface area contributed by atoms with E-state index >= 15 is 0 Å². The number of aryl methyl sites for hydroxylation is 1. The van der Waals surface area contributed by atoms with Crippen LogP contribution in [0.1, 0.15) is 29.2 Å². The Kier molecular flexibility index (Phi) is 6.45. The van der Waals surface area contributed by atoms with Crippen LogP contribution in [0.4, 0.5) is 13.2 Å². The summed E-state index contributed by atoms with van der Waals surface area (Å²) in [6, 6.07) is 3.30. The lowest BCUT2D eigenvalue weighted by atomic mass is 9.97. The molecule has 0 aliphatic rings. The van der Waals surface area contributed by atoms with Crippen LogP contribution in [0.2, 0.25) is 0 Å². The standard InChI is InChI=1S/C14H20F3NO2/c1-10-9-11(14(15,16)17)3-4-12(10)13(18)5-6-20-8-7-19-2/h3-4,9,13H,5-8,18H2,1-2H3. The average Bonchev–Trinajstić information content (AvgIpc) is 2.37. The van der Waals surface area contributed by atoms with Crippen molar-refractivity contribution in [2.24, 2.45) is 5.73 Å². The van der Waals surface area contributed by atoms with E-state index in [0.29, 0.717) is 37.4 Å². The van der Waals surface area contributed by atoms with Gasteiger partial charge in [0.2, 0.25) is 0 Å². The first-order chi connectivity index (χ1) is 9.36. The molecule has 0 fully saturated rings. The van der Waals surface area contributed by atoms with E-state index in [1.165, 1.54) is 6.07 Å². The molecule has 0 bridgehead atoms. The first-order valence-electron chi connectivity index (χ1n) is 6.36. The largest absolute Gasteiger partial charge is 0.416 e. The van der Waals surface area contributed by atoms with Gasteiger partial charge in [-0.2, -0.15) is 13.2 Å². The molecular formula is C14H20F3NO2. The fourth-order valence-corrected chi connectivity index (χ4v) is 1.88. The predicted octanol–water partition coefficient (Wildman–Crippen LogP) is 3.07. The van der Waals surface area contributed by atoms with Crippen LogP contribution >= 0.6 is 0 Å². The smallest absolute Gasteiger partial charge is 0.382 e. The summed E-state index contributed by atoms with van der Waals surface area (Å²) in [6.07, 6.45) is -3.77. The molecule has 0 aromatic heterocycles. The molecule has 1 aromatic carbocycles. The van der Waals surface area contributed by atoms with Gasteiger partial charge in [-0.05, 0) is 36.6 Å². The van der Waals surface area contributed by atoms with Gasteiger partial charge >= 0.3 is 6.18 Å². The second-order valence-corrected chi connectivity index (χ2v) is 4.57. The van der Waals surface area contributed by atoms with Gasteiger partial charge in [0.15, 0.2) is 0 Å². The molecule has 1 unspecified atom stereocenters. The van der Waals surface area contributed by atoms with Crippen LogP contribution in [-0.4, -0.2) is 26.9 Å². The molecule has 20 heavy (non-hydrogen) atoms. The molecule has 1 rings (SSSR count). The normalized spacial score (nSPS) is 13.5. The maximum absolute atomic E-state index is 12.6. The van der Waals surface area contributed by atoms with E-state index in [1.54, 1.807) is 14.0 Å². The monoisotopic (exact) mass is 291 g/mol. The zero-order chi connectivity index (χ0) is 15.2. The maximum Gasteiger partial charge on any atom is 0.416 e. The zero-order valence-corrected chi connectivity index (χ0v) is 11.7. The molecule has 114 valence electrons. The SMILES string of the molecule is COCCOCCC(N)c1ccc(C(F)(F)F)cc1C. The van der Waals surface area contributed by atoms with Crippen molar-refractivity contribution in [2.75, 3.05) is 26.9 Å². The number of methoxy groups -OCH3 is 1. The van der Waals surface area contributed by atoms with Crippen LogP contribution < -0.4 is 5.73 Å². The maximum atomic E-state index is 12.6. The van der Waals surface area contributed by atoms with Gasteiger partial charge in [0.1, 0.15) is 0 Å². The number of rotatable bonds is 7. The Morgan fingerprint density at radius 2 is 1.90 bits per heavy atom. The summed E-state index contributed by atoms with van der Waals surface area (Å²) in [5, 5.41) is 0. The van der Waals surface area contributed by atoms with Gasteiger partial charge in [-0.1, -0.05) is 6.07 Å². The third-order valence-electron chi connectivity index (χ3n) is 3.00. The quantitative estimate of drug-likeness (QED) is 0.785. The van der Waals surface area contributed by atoms with E-state index in [9.17, 15) is 13.2 Å². The fourth-order valence-electron chi connectivity index (χ4n) is 1.88. The summed E-state index contributed by atoms with van der Waals surface area (Å²) >= 11 is 0. The number of hydrogen-bond donors (Lipinski definition) is 1. The summed E-state index contributed by atoms with van der Waals surface area (Å²) in [6.45, 7) is 3.07. The lowest BCUT2D eigenvalue weighted by Gasteiger charge is -2.16. The molecule has 0 spiro atoms. The third-order valence-corrected chi connectivity index (χ3v) is 3.00. The predicted molar refractivity (Wildman–Crippen MR) is 70.4 cm³/mol. The Balaban J connectivity index is 2.58. The number of alkyl halides is 3. The summed E-state index contributed by atoms with van der Waals surface area (Å²) in [5.74, 6) is 0. The number of halogens is 3. The van der Waals surface area contributed by atoms with Gasteiger partial charge in [0.25, 0.3) is 0 Å². The molecule has 2 N–H and O–H groups in total. The van der Waals surface area contributed by atoms with Crippen molar-refractivity contribution in [1.29, 1.82) is 0 Å². The highest BCUT2D eigenvalue weighted by molar-refractivity contribution is 5.34. The second-order valence-electron chi connectivity index (χ2n) is 4.57.